The van der Waals surface area contributed by atoms with Gasteiger partial charge < -0.3 is 20.1 Å². The van der Waals surface area contributed by atoms with E-state index in [0.717, 1.165) is 0 Å². The Hall–Kier alpha value is -2.49. The van der Waals surface area contributed by atoms with Crippen LogP contribution in [-0.4, -0.2) is 51.5 Å². The van der Waals surface area contributed by atoms with Gasteiger partial charge in [-0.25, -0.2) is 8.42 Å². The minimum absolute atomic E-state index is 0.0631. The third kappa shape index (κ3) is 4.97. The molecule has 1 aliphatic rings. The second-order valence-electron chi connectivity index (χ2n) is 6.49. The van der Waals surface area contributed by atoms with E-state index < -0.39 is 10.0 Å². The van der Waals surface area contributed by atoms with Crippen molar-refractivity contribution < 1.29 is 22.7 Å². The maximum Gasteiger partial charge on any atom is 0.243 e. The summed E-state index contributed by atoms with van der Waals surface area (Å²) in [6.07, 6.45) is 0. The highest BCUT2D eigenvalue weighted by molar-refractivity contribution is 7.89. The van der Waals surface area contributed by atoms with Gasteiger partial charge in [-0.05, 0) is 18.2 Å². The number of fused-ring (bicyclic) bond motifs is 1. The molecule has 0 aliphatic carbocycles. The van der Waals surface area contributed by atoms with Gasteiger partial charge in [0.1, 0.15) is 13.2 Å². The van der Waals surface area contributed by atoms with Gasteiger partial charge in [-0.1, -0.05) is 31.5 Å². The average Bonchev–Trinajstić information content (AvgIpc) is 2.73. The lowest BCUT2D eigenvalue weighted by atomic mass is 10.2. The summed E-state index contributed by atoms with van der Waals surface area (Å²) in [5, 5.41) is 6.06. The Bertz CT molecular complexity index is 1030. The number of nitrogens with one attached hydrogen (secondary N) is 2. The Morgan fingerprint density at radius 2 is 1.77 bits per heavy atom. The summed E-state index contributed by atoms with van der Waals surface area (Å²) in [7, 11) is -3.61. The molecule has 0 spiro atoms. The second kappa shape index (κ2) is 9.55. The summed E-state index contributed by atoms with van der Waals surface area (Å²) in [5.41, 5.74) is 0.928. The summed E-state index contributed by atoms with van der Waals surface area (Å²) in [4.78, 5) is 12.5. The molecule has 30 heavy (non-hydrogen) atoms. The molecule has 2 aromatic carbocycles. The smallest absolute Gasteiger partial charge is 0.243 e. The van der Waals surface area contributed by atoms with Crippen molar-refractivity contribution in [1.29, 1.82) is 0 Å². The maximum absolute atomic E-state index is 12.7. The molecule has 2 N–H and O–H groups in total. The number of carbonyl (C=O) groups is 1. The zero-order chi connectivity index (χ0) is 21.7. The van der Waals surface area contributed by atoms with Gasteiger partial charge in [-0.2, -0.15) is 4.31 Å². The fourth-order valence-corrected chi connectivity index (χ4v) is 4.75. The van der Waals surface area contributed by atoms with E-state index in [4.69, 9.17) is 21.1 Å². The molecule has 10 heteroatoms. The van der Waals surface area contributed by atoms with E-state index >= 15 is 0 Å². The van der Waals surface area contributed by atoms with Crippen molar-refractivity contribution in [3.63, 3.8) is 0 Å². The van der Waals surface area contributed by atoms with Crippen LogP contribution in [0.3, 0.4) is 0 Å². The largest absolute Gasteiger partial charge is 0.486 e. The minimum Gasteiger partial charge on any atom is -0.486 e. The van der Waals surface area contributed by atoms with Crippen LogP contribution in [0, 0.1) is 0 Å². The van der Waals surface area contributed by atoms with Crippen LogP contribution in [0.5, 0.6) is 11.5 Å². The number of ether oxygens (including phenoxy) is 2. The molecule has 0 fully saturated rings. The third-order valence-corrected chi connectivity index (χ3v) is 6.89. The van der Waals surface area contributed by atoms with Gasteiger partial charge in [-0.3, -0.25) is 4.79 Å². The lowest BCUT2D eigenvalue weighted by molar-refractivity contribution is -0.114. The number of halogens is 1. The second-order valence-corrected chi connectivity index (χ2v) is 8.84. The summed E-state index contributed by atoms with van der Waals surface area (Å²) < 4.78 is 37.7. The molecular weight excluding hydrogens is 430 g/mol. The predicted molar refractivity (Wildman–Crippen MR) is 116 cm³/mol. The van der Waals surface area contributed by atoms with E-state index in [0.29, 0.717) is 54.2 Å². The van der Waals surface area contributed by atoms with Crippen molar-refractivity contribution in [2.45, 2.75) is 18.7 Å². The van der Waals surface area contributed by atoms with Crippen molar-refractivity contribution in [3.8, 4) is 11.5 Å². The van der Waals surface area contributed by atoms with Gasteiger partial charge in [0.05, 0.1) is 22.2 Å². The van der Waals surface area contributed by atoms with Gasteiger partial charge in [0.25, 0.3) is 0 Å². The summed E-state index contributed by atoms with van der Waals surface area (Å²) in [5.74, 6) is 0.772. The molecule has 0 bridgehead atoms. The standard InChI is InChI=1S/C20H24ClN3O5S/c1-3-24(4-2)30(26,27)15-7-5-6-14(10-15)23-20(25)13-22-17-12-19-18(11-16(17)21)28-8-9-29-19/h5-7,10-12,22H,3-4,8-9,13H2,1-2H3,(H,23,25). The van der Waals surface area contributed by atoms with Crippen molar-refractivity contribution in [2.75, 3.05) is 43.5 Å². The minimum atomic E-state index is -3.61. The van der Waals surface area contributed by atoms with E-state index in [9.17, 15) is 13.2 Å². The van der Waals surface area contributed by atoms with Crippen molar-refractivity contribution in [3.05, 3.63) is 41.4 Å². The molecule has 0 saturated heterocycles. The Morgan fingerprint density at radius 1 is 1.10 bits per heavy atom. The molecule has 0 aromatic heterocycles. The number of hydrogen-bond acceptors (Lipinski definition) is 6. The van der Waals surface area contributed by atoms with Crippen LogP contribution in [-0.2, 0) is 14.8 Å². The molecule has 1 heterocycles. The van der Waals surface area contributed by atoms with Crippen LogP contribution in [0.2, 0.25) is 5.02 Å². The number of carbonyl (C=O) groups excluding carboxylic acids is 1. The monoisotopic (exact) mass is 453 g/mol. The Kier molecular flexibility index (Phi) is 7.06. The molecule has 0 saturated carbocycles. The molecule has 1 aliphatic heterocycles. The number of amides is 1. The normalized spacial score (nSPS) is 13.2. The lowest BCUT2D eigenvalue weighted by Crippen LogP contribution is -2.30. The Labute approximate surface area is 181 Å². The highest BCUT2D eigenvalue weighted by Gasteiger charge is 2.22. The molecule has 0 radical (unpaired) electrons. The first-order valence-electron chi connectivity index (χ1n) is 9.58. The van der Waals surface area contributed by atoms with Crippen molar-refractivity contribution in [2.24, 2.45) is 0 Å². The number of anilines is 2. The topological polar surface area (TPSA) is 97.0 Å². The lowest BCUT2D eigenvalue weighted by Gasteiger charge is -2.20. The summed E-state index contributed by atoms with van der Waals surface area (Å²) in [6, 6.07) is 9.51. The number of nitrogens with zero attached hydrogens (tertiary/aromatic N) is 1. The fourth-order valence-electron chi connectivity index (χ4n) is 3.03. The molecular formula is C20H24ClN3O5S. The van der Waals surface area contributed by atoms with Gasteiger partial charge in [-0.15, -0.1) is 0 Å². The van der Waals surface area contributed by atoms with Crippen LogP contribution < -0.4 is 20.1 Å². The molecule has 3 rings (SSSR count). The number of benzene rings is 2. The van der Waals surface area contributed by atoms with Gasteiger partial charge in [0, 0.05) is 30.9 Å². The van der Waals surface area contributed by atoms with Crippen LogP contribution in [0.25, 0.3) is 0 Å². The predicted octanol–water partition coefficient (Wildman–Crippen LogP) is 3.19. The van der Waals surface area contributed by atoms with Crippen LogP contribution >= 0.6 is 11.6 Å². The number of sulfonamides is 1. The van der Waals surface area contributed by atoms with E-state index in [1.807, 2.05) is 0 Å². The quantitative estimate of drug-likeness (QED) is 0.637. The number of rotatable bonds is 8. The first-order valence-corrected chi connectivity index (χ1v) is 11.4. The van der Waals surface area contributed by atoms with Crippen LogP contribution in [0.1, 0.15) is 13.8 Å². The number of hydrogen-bond donors (Lipinski definition) is 2. The Morgan fingerprint density at radius 3 is 2.43 bits per heavy atom. The molecule has 0 unspecified atom stereocenters. The maximum atomic E-state index is 12.7. The van der Waals surface area contributed by atoms with E-state index in [1.165, 1.54) is 16.4 Å². The molecule has 162 valence electrons. The highest BCUT2D eigenvalue weighted by atomic mass is 35.5. The SMILES string of the molecule is CCN(CC)S(=O)(=O)c1cccc(NC(=O)CNc2cc3c(cc2Cl)OCCO3)c1. The van der Waals surface area contributed by atoms with Crippen LogP contribution in [0.4, 0.5) is 11.4 Å². The molecule has 0 atom stereocenters. The van der Waals surface area contributed by atoms with E-state index in [1.54, 1.807) is 38.1 Å². The van der Waals surface area contributed by atoms with Crippen LogP contribution in [0.15, 0.2) is 41.3 Å². The zero-order valence-electron chi connectivity index (χ0n) is 16.8. The summed E-state index contributed by atoms with van der Waals surface area (Å²) >= 11 is 6.23. The highest BCUT2D eigenvalue weighted by Crippen LogP contribution is 2.37. The van der Waals surface area contributed by atoms with Gasteiger partial charge >= 0.3 is 0 Å². The van der Waals surface area contributed by atoms with Crippen molar-refractivity contribution >= 4 is 38.9 Å². The van der Waals surface area contributed by atoms with E-state index in [-0.39, 0.29) is 17.3 Å². The Balaban J connectivity index is 1.66. The molecule has 8 nitrogen and oxygen atoms in total. The first kappa shape index (κ1) is 22.2. The zero-order valence-corrected chi connectivity index (χ0v) is 18.3. The third-order valence-electron chi connectivity index (χ3n) is 4.53. The molecule has 2 aromatic rings. The summed E-state index contributed by atoms with van der Waals surface area (Å²) in [6.45, 7) is 5.14. The van der Waals surface area contributed by atoms with Gasteiger partial charge in [0.2, 0.25) is 15.9 Å². The molecule has 1 amide bonds. The first-order chi connectivity index (χ1) is 14.3. The van der Waals surface area contributed by atoms with Crippen molar-refractivity contribution in [1.82, 2.24) is 4.31 Å². The average molecular weight is 454 g/mol. The van der Waals surface area contributed by atoms with E-state index in [2.05, 4.69) is 10.6 Å². The fraction of sp³-hybridized carbons (Fsp3) is 0.350. The van der Waals surface area contributed by atoms with Gasteiger partial charge in [0.15, 0.2) is 11.5 Å².